The second-order valence-corrected chi connectivity index (χ2v) is 6.81. The van der Waals surface area contributed by atoms with Crippen LogP contribution in [0, 0.1) is 0 Å². The van der Waals surface area contributed by atoms with Crippen molar-refractivity contribution in [2.24, 2.45) is 0 Å². The lowest BCUT2D eigenvalue weighted by Crippen LogP contribution is -2.45. The minimum atomic E-state index is -0.237. The Bertz CT molecular complexity index is 743. The molecule has 0 aliphatic carbocycles. The molecule has 144 valence electrons. The van der Waals surface area contributed by atoms with Gasteiger partial charge in [-0.3, -0.25) is 19.5 Å². The van der Waals surface area contributed by atoms with Crippen LogP contribution in [0.1, 0.15) is 36.3 Å². The van der Waals surface area contributed by atoms with Gasteiger partial charge in [0.05, 0.1) is 6.04 Å². The van der Waals surface area contributed by atoms with Crippen LogP contribution >= 0.6 is 0 Å². The van der Waals surface area contributed by atoms with E-state index in [-0.39, 0.29) is 23.9 Å². The second kappa shape index (κ2) is 8.81. The van der Waals surface area contributed by atoms with Gasteiger partial charge < -0.3 is 15.2 Å². The highest BCUT2D eigenvalue weighted by molar-refractivity contribution is 5.92. The van der Waals surface area contributed by atoms with Crippen molar-refractivity contribution < 1.29 is 9.59 Å². The Hall–Kier alpha value is -2.67. The first-order valence-electron chi connectivity index (χ1n) is 9.48. The molecule has 0 bridgehead atoms. The highest BCUT2D eigenvalue weighted by Gasteiger charge is 2.39. The highest BCUT2D eigenvalue weighted by Crippen LogP contribution is 2.23. The summed E-state index contributed by atoms with van der Waals surface area (Å²) < 4.78 is 0. The summed E-state index contributed by atoms with van der Waals surface area (Å²) in [6, 6.07) is 7.15. The average molecular weight is 369 g/mol. The van der Waals surface area contributed by atoms with Gasteiger partial charge in [0.15, 0.2) is 0 Å². The molecule has 2 atom stereocenters. The van der Waals surface area contributed by atoms with Gasteiger partial charge in [0.1, 0.15) is 5.69 Å². The number of amides is 2. The molecular formula is C20H27N5O2. The van der Waals surface area contributed by atoms with Gasteiger partial charge in [-0.05, 0) is 44.0 Å². The van der Waals surface area contributed by atoms with Crippen LogP contribution in [-0.4, -0.2) is 63.3 Å². The molecule has 7 nitrogen and oxygen atoms in total. The van der Waals surface area contributed by atoms with Crippen molar-refractivity contribution in [3.8, 4) is 0 Å². The van der Waals surface area contributed by atoms with Crippen LogP contribution < -0.4 is 5.32 Å². The van der Waals surface area contributed by atoms with Crippen molar-refractivity contribution in [3.05, 3.63) is 54.1 Å². The molecule has 27 heavy (non-hydrogen) atoms. The third kappa shape index (κ3) is 4.54. The second-order valence-electron chi connectivity index (χ2n) is 6.81. The summed E-state index contributed by atoms with van der Waals surface area (Å²) >= 11 is 0. The predicted octanol–water partition coefficient (Wildman–Crippen LogP) is 1.65. The monoisotopic (exact) mass is 369 g/mol. The number of rotatable bonds is 7. The normalized spacial score (nSPS) is 19.8. The van der Waals surface area contributed by atoms with Gasteiger partial charge in [0, 0.05) is 50.8 Å². The van der Waals surface area contributed by atoms with Crippen LogP contribution in [0.15, 0.2) is 42.9 Å². The van der Waals surface area contributed by atoms with Crippen LogP contribution in [-0.2, 0) is 11.3 Å². The maximum Gasteiger partial charge on any atom is 0.267 e. The number of likely N-dealkylation sites (tertiary alicyclic amines) is 1. The van der Waals surface area contributed by atoms with E-state index in [1.165, 1.54) is 0 Å². The number of likely N-dealkylation sites (N-methyl/N-ethyl adjacent to an activating group) is 1. The summed E-state index contributed by atoms with van der Waals surface area (Å²) in [7, 11) is 0. The number of pyridine rings is 1. The molecule has 0 saturated carbocycles. The largest absolute Gasteiger partial charge is 0.357 e. The number of aromatic amines is 1. The number of nitrogens with one attached hydrogen (secondary N) is 2. The Balaban J connectivity index is 1.73. The minimum Gasteiger partial charge on any atom is -0.357 e. The van der Waals surface area contributed by atoms with E-state index in [0.29, 0.717) is 38.3 Å². The topological polar surface area (TPSA) is 81.3 Å². The van der Waals surface area contributed by atoms with E-state index in [1.807, 2.05) is 37.1 Å². The van der Waals surface area contributed by atoms with Crippen LogP contribution in [0.5, 0.6) is 0 Å². The fourth-order valence-electron chi connectivity index (χ4n) is 3.65. The third-order valence-corrected chi connectivity index (χ3v) is 5.05. The maximum absolute atomic E-state index is 13.0. The fourth-order valence-corrected chi connectivity index (χ4v) is 3.65. The predicted molar refractivity (Wildman–Crippen MR) is 103 cm³/mol. The maximum atomic E-state index is 13.0. The molecule has 1 saturated heterocycles. The first-order valence-corrected chi connectivity index (χ1v) is 9.48. The molecule has 0 spiro atoms. The molecule has 1 aliphatic heterocycles. The van der Waals surface area contributed by atoms with Crippen molar-refractivity contribution in [2.75, 3.05) is 19.6 Å². The molecule has 0 radical (unpaired) electrons. The van der Waals surface area contributed by atoms with Crippen molar-refractivity contribution in [1.82, 2.24) is 25.1 Å². The van der Waals surface area contributed by atoms with Gasteiger partial charge in [-0.2, -0.15) is 0 Å². The molecule has 3 rings (SSSR count). The van der Waals surface area contributed by atoms with Crippen LogP contribution in [0.25, 0.3) is 0 Å². The van der Waals surface area contributed by atoms with E-state index < -0.39 is 0 Å². The summed E-state index contributed by atoms with van der Waals surface area (Å²) in [6.45, 7) is 6.64. The lowest BCUT2D eigenvalue weighted by atomic mass is 10.1. The third-order valence-electron chi connectivity index (χ3n) is 5.05. The summed E-state index contributed by atoms with van der Waals surface area (Å²) in [6.07, 6.45) is 5.90. The number of carbonyl (C=O) groups excluding carboxylic acids is 2. The molecule has 0 aromatic carbocycles. The van der Waals surface area contributed by atoms with Crippen LogP contribution in [0.2, 0.25) is 0 Å². The summed E-state index contributed by atoms with van der Waals surface area (Å²) in [5.74, 6) is -0.0113. The Morgan fingerprint density at radius 1 is 1.30 bits per heavy atom. The van der Waals surface area contributed by atoms with Crippen LogP contribution in [0.4, 0.5) is 0 Å². The van der Waals surface area contributed by atoms with Gasteiger partial charge in [-0.1, -0.05) is 6.07 Å². The lowest BCUT2D eigenvalue weighted by molar-refractivity contribution is -0.135. The smallest absolute Gasteiger partial charge is 0.267 e. The average Bonchev–Trinajstić information content (AvgIpc) is 3.34. The SMILES string of the molecule is CCN(CC)C(=O)[C@@H]1C[C@H](NC(=O)c2ccc[nH]2)CN1Cc1cccnc1. The zero-order valence-corrected chi connectivity index (χ0v) is 15.9. The van der Waals surface area contributed by atoms with Gasteiger partial charge in [-0.15, -0.1) is 0 Å². The lowest BCUT2D eigenvalue weighted by Gasteiger charge is -2.28. The molecule has 1 fully saturated rings. The molecule has 2 aromatic heterocycles. The first-order chi connectivity index (χ1) is 13.1. The van der Waals surface area contributed by atoms with Gasteiger partial charge >= 0.3 is 0 Å². The minimum absolute atomic E-state index is 0.0676. The number of carbonyl (C=O) groups is 2. The van der Waals surface area contributed by atoms with Crippen molar-refractivity contribution in [3.63, 3.8) is 0 Å². The number of hydrogen-bond donors (Lipinski definition) is 2. The van der Waals surface area contributed by atoms with Crippen molar-refractivity contribution in [1.29, 1.82) is 0 Å². The van der Waals surface area contributed by atoms with E-state index in [2.05, 4.69) is 20.2 Å². The number of hydrogen-bond acceptors (Lipinski definition) is 4. The van der Waals surface area contributed by atoms with E-state index in [0.717, 1.165) is 5.56 Å². The molecule has 7 heteroatoms. The van der Waals surface area contributed by atoms with Gasteiger partial charge in [0.25, 0.3) is 5.91 Å². The Kier molecular flexibility index (Phi) is 6.24. The molecule has 1 aliphatic rings. The zero-order chi connectivity index (χ0) is 19.2. The number of nitrogens with zero attached hydrogens (tertiary/aromatic N) is 3. The van der Waals surface area contributed by atoms with Crippen molar-refractivity contribution in [2.45, 2.75) is 38.9 Å². The molecule has 2 amide bonds. The Labute approximate surface area is 159 Å². The molecule has 0 unspecified atom stereocenters. The van der Waals surface area contributed by atoms with Gasteiger partial charge in [0.2, 0.25) is 5.91 Å². The van der Waals surface area contributed by atoms with E-state index in [1.54, 1.807) is 24.5 Å². The summed E-state index contributed by atoms with van der Waals surface area (Å²) in [5.41, 5.74) is 1.60. The quantitative estimate of drug-likeness (QED) is 0.778. The molecule has 3 heterocycles. The first kappa shape index (κ1) is 19.1. The van der Waals surface area contributed by atoms with Crippen molar-refractivity contribution >= 4 is 11.8 Å². The Morgan fingerprint density at radius 2 is 2.11 bits per heavy atom. The number of H-pyrrole nitrogens is 1. The van der Waals surface area contributed by atoms with E-state index in [4.69, 9.17) is 0 Å². The van der Waals surface area contributed by atoms with E-state index in [9.17, 15) is 9.59 Å². The highest BCUT2D eigenvalue weighted by atomic mass is 16.2. The summed E-state index contributed by atoms with van der Waals surface area (Å²) in [5, 5.41) is 3.06. The van der Waals surface area contributed by atoms with Gasteiger partial charge in [-0.25, -0.2) is 0 Å². The Morgan fingerprint density at radius 3 is 2.74 bits per heavy atom. The van der Waals surface area contributed by atoms with Crippen LogP contribution in [0.3, 0.4) is 0 Å². The molecular weight excluding hydrogens is 342 g/mol. The zero-order valence-electron chi connectivity index (χ0n) is 15.9. The van der Waals surface area contributed by atoms with E-state index >= 15 is 0 Å². The fraction of sp³-hybridized carbons (Fsp3) is 0.450. The molecule has 2 N–H and O–H groups in total. The summed E-state index contributed by atoms with van der Waals surface area (Å²) in [4.78, 5) is 36.5. The molecule has 2 aromatic rings. The standard InChI is InChI=1S/C20H27N5O2/c1-3-24(4-2)20(27)18-11-16(23-19(26)17-8-6-10-22-17)14-25(18)13-15-7-5-9-21-12-15/h5-10,12,16,18,22H,3-4,11,13-14H2,1-2H3,(H,23,26)/t16-,18-/m0/s1. The number of aromatic nitrogens is 2.